The fourth-order valence-electron chi connectivity index (χ4n) is 2.55. The minimum absolute atomic E-state index is 0.0575. The van der Waals surface area contributed by atoms with Gasteiger partial charge in [0.05, 0.1) is 10.5 Å². The topological polar surface area (TPSA) is 145 Å². The number of hydrogen-bond donors (Lipinski definition) is 2. The highest BCUT2D eigenvalue weighted by atomic mass is 35.5. The van der Waals surface area contributed by atoms with Gasteiger partial charge in [0.15, 0.2) is 12.4 Å². The second-order valence-electron chi connectivity index (χ2n) is 7.63. The molecule has 0 bridgehead atoms. The Morgan fingerprint density at radius 2 is 1.69 bits per heavy atom. The quantitative estimate of drug-likeness (QED) is 0.290. The Bertz CT molecular complexity index is 1090. The molecule has 0 radical (unpaired) electrons. The molecule has 0 saturated heterocycles. The first-order chi connectivity index (χ1) is 14.9. The highest BCUT2D eigenvalue weighted by Crippen LogP contribution is 2.27. The van der Waals surface area contributed by atoms with Crippen LogP contribution in [0.15, 0.2) is 42.5 Å². The van der Waals surface area contributed by atoms with Crippen molar-refractivity contribution in [1.82, 2.24) is 10.6 Å². The molecular formula is C21H20ClN3O7. The number of rotatable bonds is 6. The lowest BCUT2D eigenvalue weighted by Crippen LogP contribution is -2.49. The van der Waals surface area contributed by atoms with Gasteiger partial charge in [0.25, 0.3) is 11.6 Å². The second kappa shape index (κ2) is 10.0. The number of amides is 3. The summed E-state index contributed by atoms with van der Waals surface area (Å²) < 4.78 is 4.92. The first-order valence-corrected chi connectivity index (χ1v) is 9.63. The number of nitrogens with zero attached hydrogens (tertiary/aromatic N) is 1. The maximum atomic E-state index is 12.9. The zero-order valence-corrected chi connectivity index (χ0v) is 18.2. The van der Waals surface area contributed by atoms with Crippen LogP contribution in [0, 0.1) is 10.1 Å². The highest BCUT2D eigenvalue weighted by molar-refractivity contribution is 6.33. The molecule has 0 heterocycles. The van der Waals surface area contributed by atoms with Crippen molar-refractivity contribution in [1.29, 1.82) is 0 Å². The van der Waals surface area contributed by atoms with E-state index in [0.717, 1.165) is 6.07 Å². The molecule has 2 aromatic rings. The van der Waals surface area contributed by atoms with Crippen LogP contribution in [0.3, 0.4) is 0 Å². The molecular weight excluding hydrogens is 442 g/mol. The van der Waals surface area contributed by atoms with Gasteiger partial charge in [0.2, 0.25) is 0 Å². The third-order valence-corrected chi connectivity index (χ3v) is 4.19. The zero-order valence-electron chi connectivity index (χ0n) is 17.4. The van der Waals surface area contributed by atoms with E-state index in [1.807, 2.05) is 5.32 Å². The summed E-state index contributed by atoms with van der Waals surface area (Å²) in [4.78, 5) is 59.2. The van der Waals surface area contributed by atoms with Gasteiger partial charge in [-0.25, -0.2) is 9.59 Å². The highest BCUT2D eigenvalue weighted by Gasteiger charge is 2.23. The van der Waals surface area contributed by atoms with Crippen molar-refractivity contribution in [3.63, 3.8) is 0 Å². The number of nitro groups is 1. The van der Waals surface area contributed by atoms with Crippen LogP contribution in [-0.2, 0) is 9.53 Å². The molecule has 2 N–H and O–H groups in total. The van der Waals surface area contributed by atoms with E-state index in [1.54, 1.807) is 20.8 Å². The molecule has 2 rings (SSSR count). The molecule has 0 fully saturated rings. The predicted octanol–water partition coefficient (Wildman–Crippen LogP) is 3.26. The number of ketones is 1. The molecule has 0 aliphatic heterocycles. The molecule has 3 amide bonds. The molecule has 168 valence electrons. The van der Waals surface area contributed by atoms with Crippen molar-refractivity contribution in [2.24, 2.45) is 0 Å². The number of imide groups is 1. The van der Waals surface area contributed by atoms with Gasteiger partial charge in [0.1, 0.15) is 5.02 Å². The number of nitro benzene ring substituents is 1. The van der Waals surface area contributed by atoms with E-state index in [4.69, 9.17) is 16.3 Å². The summed E-state index contributed by atoms with van der Waals surface area (Å²) in [5, 5.41) is 15.5. The van der Waals surface area contributed by atoms with Crippen molar-refractivity contribution in [3.8, 4) is 0 Å². The minimum atomic E-state index is -0.983. The first-order valence-electron chi connectivity index (χ1n) is 9.26. The van der Waals surface area contributed by atoms with Gasteiger partial charge in [-0.3, -0.25) is 25.0 Å². The third kappa shape index (κ3) is 6.61. The Labute approximate surface area is 188 Å². The number of urea groups is 1. The summed E-state index contributed by atoms with van der Waals surface area (Å²) in [6.45, 7) is 4.41. The first kappa shape index (κ1) is 24.5. The van der Waals surface area contributed by atoms with E-state index < -0.39 is 46.4 Å². The van der Waals surface area contributed by atoms with Crippen molar-refractivity contribution in [2.75, 3.05) is 6.61 Å². The van der Waals surface area contributed by atoms with Crippen LogP contribution in [0.1, 0.15) is 47.1 Å². The second-order valence-corrected chi connectivity index (χ2v) is 8.03. The minimum Gasteiger partial charge on any atom is -0.452 e. The van der Waals surface area contributed by atoms with E-state index in [2.05, 4.69) is 5.32 Å². The monoisotopic (exact) mass is 461 g/mol. The summed E-state index contributed by atoms with van der Waals surface area (Å²) in [7, 11) is 0. The van der Waals surface area contributed by atoms with Crippen LogP contribution >= 0.6 is 11.6 Å². The van der Waals surface area contributed by atoms with E-state index >= 15 is 0 Å². The molecule has 0 atom stereocenters. The van der Waals surface area contributed by atoms with Gasteiger partial charge in [-0.2, -0.15) is 0 Å². The van der Waals surface area contributed by atoms with Crippen molar-refractivity contribution >= 4 is 41.0 Å². The van der Waals surface area contributed by atoms with Crippen LogP contribution in [0.4, 0.5) is 10.5 Å². The standard InChI is InChI=1S/C21H20ClN3O7/c1-21(2,3)24-20(29)23-17(26)11-32-19(28)14-7-5-4-6-13(14)18(27)12-8-9-15(22)16(10-12)25(30)31/h4-10H,11H2,1-3H3,(H2,23,24,26,29). The van der Waals surface area contributed by atoms with Crippen molar-refractivity contribution in [2.45, 2.75) is 26.3 Å². The van der Waals surface area contributed by atoms with Crippen LogP contribution in [0.5, 0.6) is 0 Å². The van der Waals surface area contributed by atoms with Crippen LogP contribution in [0.2, 0.25) is 5.02 Å². The summed E-state index contributed by atoms with van der Waals surface area (Å²) in [5.41, 5.74) is -1.32. The molecule has 0 unspecified atom stereocenters. The van der Waals surface area contributed by atoms with Gasteiger partial charge in [0, 0.05) is 22.7 Å². The molecule has 0 aliphatic carbocycles. The number of ether oxygens (including phenoxy) is 1. The lowest BCUT2D eigenvalue weighted by Gasteiger charge is -2.20. The average molecular weight is 462 g/mol. The van der Waals surface area contributed by atoms with Crippen LogP contribution < -0.4 is 10.6 Å². The number of nitrogens with one attached hydrogen (secondary N) is 2. The fourth-order valence-corrected chi connectivity index (χ4v) is 2.74. The Morgan fingerprint density at radius 3 is 2.28 bits per heavy atom. The predicted molar refractivity (Wildman–Crippen MR) is 115 cm³/mol. The summed E-state index contributed by atoms with van der Waals surface area (Å²) in [6, 6.07) is 8.39. The van der Waals surface area contributed by atoms with Crippen LogP contribution in [0.25, 0.3) is 0 Å². The largest absolute Gasteiger partial charge is 0.452 e. The average Bonchev–Trinajstić information content (AvgIpc) is 2.70. The fraction of sp³-hybridized carbons (Fsp3) is 0.238. The molecule has 2 aromatic carbocycles. The summed E-state index contributed by atoms with van der Waals surface area (Å²) in [5.74, 6) is -2.52. The number of carbonyl (C=O) groups is 4. The van der Waals surface area contributed by atoms with Gasteiger partial charge in [-0.05, 0) is 39.0 Å². The van der Waals surface area contributed by atoms with E-state index in [1.165, 1.54) is 36.4 Å². The van der Waals surface area contributed by atoms with E-state index in [-0.39, 0.29) is 21.7 Å². The Hall–Kier alpha value is -3.79. The molecule has 0 aliphatic rings. The Kier molecular flexibility index (Phi) is 7.66. The molecule has 0 spiro atoms. The van der Waals surface area contributed by atoms with E-state index in [0.29, 0.717) is 0 Å². The Balaban J connectivity index is 2.14. The maximum Gasteiger partial charge on any atom is 0.339 e. The van der Waals surface area contributed by atoms with Crippen molar-refractivity contribution in [3.05, 3.63) is 74.3 Å². The molecule has 32 heavy (non-hydrogen) atoms. The molecule has 11 heteroatoms. The Morgan fingerprint density at radius 1 is 1.06 bits per heavy atom. The number of esters is 1. The van der Waals surface area contributed by atoms with E-state index in [9.17, 15) is 29.3 Å². The summed E-state index contributed by atoms with van der Waals surface area (Å²) in [6.07, 6.45) is 0. The smallest absolute Gasteiger partial charge is 0.339 e. The van der Waals surface area contributed by atoms with Crippen molar-refractivity contribution < 1.29 is 28.8 Å². The zero-order chi connectivity index (χ0) is 24.1. The molecule has 10 nitrogen and oxygen atoms in total. The molecule has 0 saturated carbocycles. The van der Waals surface area contributed by atoms with Crippen LogP contribution in [-0.4, -0.2) is 40.8 Å². The van der Waals surface area contributed by atoms with Gasteiger partial charge < -0.3 is 10.1 Å². The summed E-state index contributed by atoms with van der Waals surface area (Å²) >= 11 is 5.77. The number of carbonyl (C=O) groups excluding carboxylic acids is 4. The normalized spacial score (nSPS) is 10.8. The number of halogens is 1. The molecule has 0 aromatic heterocycles. The van der Waals surface area contributed by atoms with Gasteiger partial charge in [-0.15, -0.1) is 0 Å². The SMILES string of the molecule is CC(C)(C)NC(=O)NC(=O)COC(=O)c1ccccc1C(=O)c1ccc(Cl)c([N+](=O)[O-])c1. The maximum absolute atomic E-state index is 12.9. The number of benzene rings is 2. The number of hydrogen-bond acceptors (Lipinski definition) is 7. The van der Waals surface area contributed by atoms with Gasteiger partial charge in [-0.1, -0.05) is 29.8 Å². The van der Waals surface area contributed by atoms with Gasteiger partial charge >= 0.3 is 12.0 Å². The third-order valence-electron chi connectivity index (χ3n) is 3.87. The lowest BCUT2D eigenvalue weighted by atomic mass is 9.98. The lowest BCUT2D eigenvalue weighted by molar-refractivity contribution is -0.384.